The minimum absolute atomic E-state index is 0.0802. The molecule has 30 heavy (non-hydrogen) atoms. The smallest absolute Gasteiger partial charge is 0.228 e. The Kier molecular flexibility index (Phi) is 5.56. The average molecular weight is 404 g/mol. The van der Waals surface area contributed by atoms with Gasteiger partial charge in [0.15, 0.2) is 5.82 Å². The standard InChI is InChI=1S/C22H24N6O2/c1-15-13-27(21-12-16(2)26-28(21)14-15)22(30)11-10-20(29)23-19-9-8-18(24-25-19)17-6-4-3-5-7-17/h3-9,12,15H,10-11,13-14H2,1-2H3,(H,23,25,29). The van der Waals surface area contributed by atoms with Crippen LogP contribution in [0.5, 0.6) is 0 Å². The van der Waals surface area contributed by atoms with Crippen LogP contribution in [-0.4, -0.2) is 38.3 Å². The molecular weight excluding hydrogens is 380 g/mol. The van der Waals surface area contributed by atoms with Gasteiger partial charge in [-0.05, 0) is 25.0 Å². The number of aryl methyl sites for hydroxylation is 1. The lowest BCUT2D eigenvalue weighted by molar-refractivity contribution is -0.122. The molecule has 1 atom stereocenters. The van der Waals surface area contributed by atoms with E-state index >= 15 is 0 Å². The lowest BCUT2D eigenvalue weighted by atomic mass is 10.1. The molecule has 8 nitrogen and oxygen atoms in total. The maximum Gasteiger partial charge on any atom is 0.228 e. The van der Waals surface area contributed by atoms with Gasteiger partial charge in [-0.25, -0.2) is 4.68 Å². The maximum absolute atomic E-state index is 12.8. The zero-order valence-electron chi connectivity index (χ0n) is 17.1. The fourth-order valence-corrected chi connectivity index (χ4v) is 3.59. The largest absolute Gasteiger partial charge is 0.309 e. The Morgan fingerprint density at radius 2 is 1.87 bits per heavy atom. The second kappa shape index (κ2) is 8.44. The normalized spacial score (nSPS) is 15.5. The number of aromatic nitrogens is 4. The molecule has 0 spiro atoms. The number of amides is 2. The zero-order chi connectivity index (χ0) is 21.1. The first-order chi connectivity index (χ1) is 14.5. The Balaban J connectivity index is 1.33. The van der Waals surface area contributed by atoms with Crippen LogP contribution in [0.3, 0.4) is 0 Å². The van der Waals surface area contributed by atoms with Gasteiger partial charge in [0.1, 0.15) is 5.82 Å². The molecule has 0 radical (unpaired) electrons. The van der Waals surface area contributed by atoms with Gasteiger partial charge in [0.25, 0.3) is 0 Å². The minimum atomic E-state index is -0.264. The monoisotopic (exact) mass is 404 g/mol. The summed E-state index contributed by atoms with van der Waals surface area (Å²) in [5, 5.41) is 15.4. The number of hydrogen-bond acceptors (Lipinski definition) is 5. The van der Waals surface area contributed by atoms with E-state index in [1.54, 1.807) is 11.0 Å². The van der Waals surface area contributed by atoms with Crippen molar-refractivity contribution in [2.75, 3.05) is 16.8 Å². The highest BCUT2D eigenvalue weighted by molar-refractivity contribution is 5.97. The molecule has 154 valence electrons. The molecule has 4 rings (SSSR count). The highest BCUT2D eigenvalue weighted by Gasteiger charge is 2.27. The molecular formula is C22H24N6O2. The minimum Gasteiger partial charge on any atom is -0.309 e. The summed E-state index contributed by atoms with van der Waals surface area (Å²) in [7, 11) is 0. The summed E-state index contributed by atoms with van der Waals surface area (Å²) in [6.45, 7) is 5.43. The highest BCUT2D eigenvalue weighted by Crippen LogP contribution is 2.25. The quantitative estimate of drug-likeness (QED) is 0.705. The fourth-order valence-electron chi connectivity index (χ4n) is 3.59. The van der Waals surface area contributed by atoms with Gasteiger partial charge < -0.3 is 5.32 Å². The molecule has 0 fully saturated rings. The van der Waals surface area contributed by atoms with Crippen LogP contribution in [0.25, 0.3) is 11.3 Å². The van der Waals surface area contributed by atoms with E-state index in [4.69, 9.17) is 0 Å². The molecule has 1 unspecified atom stereocenters. The molecule has 0 bridgehead atoms. The lowest BCUT2D eigenvalue weighted by Crippen LogP contribution is -2.41. The topological polar surface area (TPSA) is 93.0 Å². The van der Waals surface area contributed by atoms with Crippen LogP contribution < -0.4 is 10.2 Å². The number of anilines is 2. The summed E-state index contributed by atoms with van der Waals surface area (Å²) in [6, 6.07) is 15.1. The number of nitrogens with zero attached hydrogens (tertiary/aromatic N) is 5. The summed E-state index contributed by atoms with van der Waals surface area (Å²) >= 11 is 0. The van der Waals surface area contributed by atoms with Crippen LogP contribution in [0.2, 0.25) is 0 Å². The van der Waals surface area contributed by atoms with E-state index in [0.29, 0.717) is 18.3 Å². The lowest BCUT2D eigenvalue weighted by Gasteiger charge is -2.31. The van der Waals surface area contributed by atoms with Gasteiger partial charge in [-0.3, -0.25) is 14.5 Å². The summed E-state index contributed by atoms with van der Waals surface area (Å²) in [6.07, 6.45) is 0.206. The Morgan fingerprint density at radius 3 is 2.60 bits per heavy atom. The van der Waals surface area contributed by atoms with Crippen LogP contribution >= 0.6 is 0 Å². The highest BCUT2D eigenvalue weighted by atomic mass is 16.2. The Labute approximate surface area is 174 Å². The van der Waals surface area contributed by atoms with Crippen LogP contribution in [0.1, 0.15) is 25.5 Å². The number of carbonyl (C=O) groups is 2. The second-order valence-electron chi connectivity index (χ2n) is 7.65. The molecule has 3 heterocycles. The number of carbonyl (C=O) groups excluding carboxylic acids is 2. The van der Waals surface area contributed by atoms with Crippen molar-refractivity contribution in [3.63, 3.8) is 0 Å². The molecule has 1 aliphatic heterocycles. The Morgan fingerprint density at radius 1 is 1.07 bits per heavy atom. The first-order valence-electron chi connectivity index (χ1n) is 10.0. The molecule has 0 saturated carbocycles. The number of nitrogens with one attached hydrogen (secondary N) is 1. The fraction of sp³-hybridized carbons (Fsp3) is 0.318. The van der Waals surface area contributed by atoms with E-state index in [-0.39, 0.29) is 24.7 Å². The Hall–Kier alpha value is -3.55. The van der Waals surface area contributed by atoms with E-state index in [1.807, 2.05) is 54.1 Å². The molecule has 0 saturated heterocycles. The van der Waals surface area contributed by atoms with E-state index in [9.17, 15) is 9.59 Å². The summed E-state index contributed by atoms with van der Waals surface area (Å²) < 4.78 is 1.87. The van der Waals surface area contributed by atoms with E-state index in [2.05, 4.69) is 27.5 Å². The van der Waals surface area contributed by atoms with Gasteiger partial charge >= 0.3 is 0 Å². The molecule has 2 aromatic heterocycles. The van der Waals surface area contributed by atoms with Crippen molar-refractivity contribution in [3.05, 3.63) is 54.2 Å². The number of rotatable bonds is 5. The maximum atomic E-state index is 12.8. The SMILES string of the molecule is Cc1cc2n(n1)CC(C)CN2C(=O)CCC(=O)Nc1ccc(-c2ccccc2)nn1. The number of fused-ring (bicyclic) bond motifs is 1. The Bertz CT molecular complexity index is 1050. The first kappa shape index (κ1) is 19.8. The van der Waals surface area contributed by atoms with Crippen molar-refractivity contribution < 1.29 is 9.59 Å². The molecule has 8 heteroatoms. The van der Waals surface area contributed by atoms with Crippen molar-refractivity contribution in [2.24, 2.45) is 5.92 Å². The van der Waals surface area contributed by atoms with E-state index < -0.39 is 0 Å². The van der Waals surface area contributed by atoms with Gasteiger partial charge in [0.2, 0.25) is 11.8 Å². The molecule has 3 aromatic rings. The van der Waals surface area contributed by atoms with Gasteiger partial charge in [0, 0.05) is 37.6 Å². The van der Waals surface area contributed by atoms with Gasteiger partial charge in [-0.15, -0.1) is 10.2 Å². The predicted molar refractivity (Wildman–Crippen MR) is 114 cm³/mol. The van der Waals surface area contributed by atoms with Gasteiger partial charge in [-0.1, -0.05) is 37.3 Å². The second-order valence-corrected chi connectivity index (χ2v) is 7.65. The van der Waals surface area contributed by atoms with Crippen molar-refractivity contribution in [3.8, 4) is 11.3 Å². The van der Waals surface area contributed by atoms with Crippen LogP contribution in [0.4, 0.5) is 11.6 Å². The molecule has 2 amide bonds. The van der Waals surface area contributed by atoms with Crippen molar-refractivity contribution in [1.82, 2.24) is 20.0 Å². The van der Waals surface area contributed by atoms with Crippen molar-refractivity contribution >= 4 is 23.5 Å². The number of hydrogen-bond donors (Lipinski definition) is 1. The van der Waals surface area contributed by atoms with Crippen LogP contribution in [0.15, 0.2) is 48.5 Å². The third kappa shape index (κ3) is 4.37. The first-order valence-corrected chi connectivity index (χ1v) is 10.0. The van der Waals surface area contributed by atoms with Crippen molar-refractivity contribution in [2.45, 2.75) is 33.2 Å². The van der Waals surface area contributed by atoms with Gasteiger partial charge in [0.05, 0.1) is 11.4 Å². The molecule has 0 aliphatic carbocycles. The van der Waals surface area contributed by atoms with E-state index in [0.717, 1.165) is 29.3 Å². The summed E-state index contributed by atoms with van der Waals surface area (Å²) in [4.78, 5) is 26.8. The third-order valence-electron chi connectivity index (χ3n) is 5.00. The zero-order valence-corrected chi connectivity index (χ0v) is 17.1. The van der Waals surface area contributed by atoms with Crippen molar-refractivity contribution in [1.29, 1.82) is 0 Å². The van der Waals surface area contributed by atoms with E-state index in [1.165, 1.54) is 0 Å². The van der Waals surface area contributed by atoms with Gasteiger partial charge in [-0.2, -0.15) is 5.10 Å². The molecule has 1 aromatic carbocycles. The average Bonchev–Trinajstić information content (AvgIpc) is 3.12. The molecule has 1 aliphatic rings. The van der Waals surface area contributed by atoms with Crippen LogP contribution in [0, 0.1) is 12.8 Å². The summed E-state index contributed by atoms with van der Waals surface area (Å²) in [5.41, 5.74) is 2.57. The number of benzene rings is 1. The third-order valence-corrected chi connectivity index (χ3v) is 5.00. The van der Waals surface area contributed by atoms with Crippen LogP contribution in [-0.2, 0) is 16.1 Å². The molecule has 1 N–H and O–H groups in total. The predicted octanol–water partition coefficient (Wildman–Crippen LogP) is 3.05. The summed E-state index contributed by atoms with van der Waals surface area (Å²) in [5.74, 6) is 1.14.